The minimum absolute atomic E-state index is 0.163. The molecule has 0 unspecified atom stereocenters. The summed E-state index contributed by atoms with van der Waals surface area (Å²) in [7, 11) is 0. The molecule has 0 bridgehead atoms. The molecule has 0 aliphatic rings. The summed E-state index contributed by atoms with van der Waals surface area (Å²) in [6.07, 6.45) is 0. The number of fused-ring (bicyclic) bond motifs is 1. The van der Waals surface area contributed by atoms with Gasteiger partial charge in [0.15, 0.2) is 5.16 Å². The zero-order chi connectivity index (χ0) is 20.2. The maximum Gasteiger partial charge on any atom is 0.266 e. The number of para-hydroxylation sites is 3. The first-order valence-corrected chi connectivity index (χ1v) is 10.3. The van der Waals surface area contributed by atoms with Gasteiger partial charge in [-0.25, -0.2) is 9.37 Å². The van der Waals surface area contributed by atoms with Gasteiger partial charge in [0.1, 0.15) is 11.6 Å². The van der Waals surface area contributed by atoms with Crippen LogP contribution in [0.1, 0.15) is 12.5 Å². The first-order chi connectivity index (χ1) is 14.2. The fourth-order valence-electron chi connectivity index (χ4n) is 3.12. The number of aromatic nitrogens is 2. The maximum atomic E-state index is 13.6. The summed E-state index contributed by atoms with van der Waals surface area (Å²) < 4.78 is 20.9. The monoisotopic (exact) mass is 406 g/mol. The molecule has 4 aromatic rings. The van der Waals surface area contributed by atoms with Crippen LogP contribution in [0, 0.1) is 5.82 Å². The van der Waals surface area contributed by atoms with E-state index in [1.165, 1.54) is 23.9 Å². The van der Waals surface area contributed by atoms with Crippen molar-refractivity contribution in [1.29, 1.82) is 0 Å². The van der Waals surface area contributed by atoms with E-state index < -0.39 is 0 Å². The highest BCUT2D eigenvalue weighted by atomic mass is 32.2. The van der Waals surface area contributed by atoms with Crippen molar-refractivity contribution < 1.29 is 9.13 Å². The lowest BCUT2D eigenvalue weighted by molar-refractivity contribution is 0.338. The molecule has 0 fully saturated rings. The Hall–Kier alpha value is -3.12. The SMILES string of the molecule is CCOc1ccccc1-n1c(SCc2cccc(F)c2)nc2ccccc2c1=O. The molecule has 0 amide bonds. The third-order valence-electron chi connectivity index (χ3n) is 4.41. The number of thioether (sulfide) groups is 1. The molecule has 146 valence electrons. The molecule has 0 aliphatic heterocycles. The van der Waals surface area contributed by atoms with Crippen molar-refractivity contribution >= 4 is 22.7 Å². The molecule has 29 heavy (non-hydrogen) atoms. The molecular weight excluding hydrogens is 387 g/mol. The summed E-state index contributed by atoms with van der Waals surface area (Å²) in [5, 5.41) is 1.07. The lowest BCUT2D eigenvalue weighted by Crippen LogP contribution is -2.22. The average molecular weight is 406 g/mol. The Kier molecular flexibility index (Phi) is 5.62. The van der Waals surface area contributed by atoms with Gasteiger partial charge in [0.05, 0.1) is 23.2 Å². The summed E-state index contributed by atoms with van der Waals surface area (Å²) in [6, 6.07) is 21.1. The Morgan fingerprint density at radius 1 is 1.03 bits per heavy atom. The first-order valence-electron chi connectivity index (χ1n) is 9.28. The van der Waals surface area contributed by atoms with Gasteiger partial charge in [0.25, 0.3) is 5.56 Å². The van der Waals surface area contributed by atoms with Crippen molar-refractivity contribution in [1.82, 2.24) is 9.55 Å². The molecule has 3 aromatic carbocycles. The fraction of sp³-hybridized carbons (Fsp3) is 0.130. The van der Waals surface area contributed by atoms with E-state index in [2.05, 4.69) is 0 Å². The van der Waals surface area contributed by atoms with Gasteiger partial charge in [0.2, 0.25) is 0 Å². The van der Waals surface area contributed by atoms with E-state index in [0.717, 1.165) is 5.56 Å². The van der Waals surface area contributed by atoms with Crippen molar-refractivity contribution in [2.75, 3.05) is 6.61 Å². The quantitative estimate of drug-likeness (QED) is 0.325. The van der Waals surface area contributed by atoms with E-state index in [9.17, 15) is 9.18 Å². The zero-order valence-corrected chi connectivity index (χ0v) is 16.7. The van der Waals surface area contributed by atoms with E-state index in [1.54, 1.807) is 16.7 Å². The van der Waals surface area contributed by atoms with Crippen LogP contribution in [0.5, 0.6) is 5.75 Å². The van der Waals surface area contributed by atoms with Crippen LogP contribution in [0.4, 0.5) is 4.39 Å². The molecule has 0 spiro atoms. The highest BCUT2D eigenvalue weighted by Gasteiger charge is 2.16. The number of hydrogen-bond acceptors (Lipinski definition) is 4. The van der Waals surface area contributed by atoms with Gasteiger partial charge >= 0.3 is 0 Å². The Bertz CT molecular complexity index is 1220. The number of ether oxygens (including phenoxy) is 1. The predicted octanol–water partition coefficient (Wildman–Crippen LogP) is 5.22. The van der Waals surface area contributed by atoms with Crippen molar-refractivity contribution in [3.8, 4) is 11.4 Å². The number of benzene rings is 3. The third-order valence-corrected chi connectivity index (χ3v) is 5.42. The zero-order valence-electron chi connectivity index (χ0n) is 15.8. The summed E-state index contributed by atoms with van der Waals surface area (Å²) in [6.45, 7) is 2.39. The maximum absolute atomic E-state index is 13.6. The molecule has 1 aromatic heterocycles. The van der Waals surface area contributed by atoms with Crippen LogP contribution in [0.25, 0.3) is 16.6 Å². The molecule has 0 saturated carbocycles. The van der Waals surface area contributed by atoms with Crippen molar-refractivity contribution in [2.45, 2.75) is 17.8 Å². The molecule has 0 atom stereocenters. The molecule has 0 aliphatic carbocycles. The number of halogens is 1. The average Bonchev–Trinajstić information content (AvgIpc) is 2.73. The van der Waals surface area contributed by atoms with E-state index in [1.807, 2.05) is 55.5 Å². The van der Waals surface area contributed by atoms with Gasteiger partial charge in [0, 0.05) is 5.75 Å². The number of hydrogen-bond donors (Lipinski definition) is 0. The van der Waals surface area contributed by atoms with E-state index >= 15 is 0 Å². The Balaban J connectivity index is 1.86. The molecule has 4 rings (SSSR count). The van der Waals surface area contributed by atoms with E-state index in [4.69, 9.17) is 9.72 Å². The van der Waals surface area contributed by atoms with Crippen LogP contribution in [0.15, 0.2) is 82.7 Å². The molecule has 1 heterocycles. The summed E-state index contributed by atoms with van der Waals surface area (Å²) in [4.78, 5) is 18.1. The standard InChI is InChI=1S/C23H19FN2O2S/c1-2-28-21-13-6-5-12-20(21)26-22(27)18-10-3-4-11-19(18)25-23(26)29-15-16-8-7-9-17(24)14-16/h3-14H,2,15H2,1H3. The van der Waals surface area contributed by atoms with E-state index in [-0.39, 0.29) is 11.4 Å². The third kappa shape index (κ3) is 4.03. The lowest BCUT2D eigenvalue weighted by atomic mass is 10.2. The minimum atomic E-state index is -0.284. The van der Waals surface area contributed by atoms with Crippen molar-refractivity contribution in [3.63, 3.8) is 0 Å². The van der Waals surface area contributed by atoms with Crippen LogP contribution >= 0.6 is 11.8 Å². The number of rotatable bonds is 6. The highest BCUT2D eigenvalue weighted by molar-refractivity contribution is 7.98. The molecule has 0 radical (unpaired) electrons. The number of nitrogens with zero attached hydrogens (tertiary/aromatic N) is 2. The van der Waals surface area contributed by atoms with Crippen LogP contribution in [-0.4, -0.2) is 16.2 Å². The Morgan fingerprint density at radius 2 is 1.83 bits per heavy atom. The molecule has 0 saturated heterocycles. The second-order valence-corrected chi connectivity index (χ2v) is 7.31. The highest BCUT2D eigenvalue weighted by Crippen LogP contribution is 2.29. The second kappa shape index (κ2) is 8.49. The lowest BCUT2D eigenvalue weighted by Gasteiger charge is -2.16. The van der Waals surface area contributed by atoms with Gasteiger partial charge in [-0.2, -0.15) is 0 Å². The van der Waals surface area contributed by atoms with Gasteiger partial charge in [-0.05, 0) is 48.9 Å². The smallest absolute Gasteiger partial charge is 0.266 e. The van der Waals surface area contributed by atoms with Crippen LogP contribution < -0.4 is 10.3 Å². The van der Waals surface area contributed by atoms with Crippen LogP contribution in [0.2, 0.25) is 0 Å². The Labute approximate surface area is 172 Å². The summed E-state index contributed by atoms with van der Waals surface area (Å²) >= 11 is 1.39. The summed E-state index contributed by atoms with van der Waals surface area (Å²) in [5.74, 6) is 0.815. The predicted molar refractivity (Wildman–Crippen MR) is 114 cm³/mol. The molecule has 6 heteroatoms. The molecular formula is C23H19FN2O2S. The fourth-order valence-corrected chi connectivity index (χ4v) is 4.06. The van der Waals surface area contributed by atoms with Gasteiger partial charge < -0.3 is 4.74 Å². The second-order valence-electron chi connectivity index (χ2n) is 6.37. The summed E-state index contributed by atoms with van der Waals surface area (Å²) in [5.41, 5.74) is 1.93. The van der Waals surface area contributed by atoms with Gasteiger partial charge in [-0.15, -0.1) is 0 Å². The van der Waals surface area contributed by atoms with Crippen LogP contribution in [-0.2, 0) is 5.75 Å². The Morgan fingerprint density at radius 3 is 2.66 bits per heavy atom. The van der Waals surface area contributed by atoms with Crippen LogP contribution in [0.3, 0.4) is 0 Å². The molecule has 0 N–H and O–H groups in total. The first kappa shape index (κ1) is 19.2. The largest absolute Gasteiger partial charge is 0.492 e. The van der Waals surface area contributed by atoms with E-state index in [0.29, 0.717) is 39.9 Å². The van der Waals surface area contributed by atoms with Gasteiger partial charge in [-0.1, -0.05) is 48.2 Å². The normalized spacial score (nSPS) is 11.0. The minimum Gasteiger partial charge on any atom is -0.492 e. The van der Waals surface area contributed by atoms with Crippen molar-refractivity contribution in [2.24, 2.45) is 0 Å². The topological polar surface area (TPSA) is 44.1 Å². The van der Waals surface area contributed by atoms with Gasteiger partial charge in [-0.3, -0.25) is 9.36 Å². The molecule has 4 nitrogen and oxygen atoms in total. The van der Waals surface area contributed by atoms with Crippen molar-refractivity contribution in [3.05, 3.63) is 94.5 Å².